The van der Waals surface area contributed by atoms with Crippen molar-refractivity contribution in [2.24, 2.45) is 0 Å². The molecule has 0 bridgehead atoms. The van der Waals surface area contributed by atoms with Crippen molar-refractivity contribution in [3.8, 4) is 0 Å². The molecule has 98 valence electrons. The van der Waals surface area contributed by atoms with Crippen molar-refractivity contribution in [1.29, 1.82) is 0 Å². The van der Waals surface area contributed by atoms with Crippen molar-refractivity contribution >= 4 is 0 Å². The SMILES string of the molecule is Cc1ccc(C)c(C2(O)CCc3ccccc3C2)c1. The zero-order valence-corrected chi connectivity index (χ0v) is 11.6. The number of hydrogen-bond acceptors (Lipinski definition) is 1. The first-order valence-corrected chi connectivity index (χ1v) is 6.95. The van der Waals surface area contributed by atoms with Gasteiger partial charge in [0.2, 0.25) is 0 Å². The van der Waals surface area contributed by atoms with Crippen molar-refractivity contribution in [3.63, 3.8) is 0 Å². The molecule has 0 aliphatic heterocycles. The first-order chi connectivity index (χ1) is 9.08. The number of rotatable bonds is 1. The fourth-order valence-corrected chi connectivity index (χ4v) is 3.19. The van der Waals surface area contributed by atoms with E-state index in [2.05, 4.69) is 56.3 Å². The van der Waals surface area contributed by atoms with Crippen LogP contribution in [0.4, 0.5) is 0 Å². The van der Waals surface area contributed by atoms with Gasteiger partial charge < -0.3 is 5.11 Å². The third-order valence-electron chi connectivity index (χ3n) is 4.30. The molecular formula is C18H20O. The Morgan fingerprint density at radius 1 is 1.00 bits per heavy atom. The van der Waals surface area contributed by atoms with Gasteiger partial charge in [-0.1, -0.05) is 48.0 Å². The molecule has 3 rings (SSSR count). The lowest BCUT2D eigenvalue weighted by atomic mass is 9.75. The maximum absolute atomic E-state index is 11.1. The van der Waals surface area contributed by atoms with Crippen molar-refractivity contribution in [2.45, 2.75) is 38.7 Å². The monoisotopic (exact) mass is 252 g/mol. The van der Waals surface area contributed by atoms with Crippen LogP contribution in [0.25, 0.3) is 0 Å². The topological polar surface area (TPSA) is 20.2 Å². The second kappa shape index (κ2) is 4.50. The summed E-state index contributed by atoms with van der Waals surface area (Å²) in [5.74, 6) is 0. The van der Waals surface area contributed by atoms with E-state index in [1.54, 1.807) is 0 Å². The number of fused-ring (bicyclic) bond motifs is 1. The van der Waals surface area contributed by atoms with Crippen molar-refractivity contribution in [1.82, 2.24) is 0 Å². The van der Waals surface area contributed by atoms with Gasteiger partial charge in [0, 0.05) is 6.42 Å². The fraction of sp³-hybridized carbons (Fsp3) is 0.333. The predicted octanol–water partition coefficient (Wildman–Crippen LogP) is 3.68. The number of aliphatic hydroxyl groups is 1. The summed E-state index contributed by atoms with van der Waals surface area (Å²) < 4.78 is 0. The van der Waals surface area contributed by atoms with Gasteiger partial charge in [0.25, 0.3) is 0 Å². The molecule has 1 N–H and O–H groups in total. The van der Waals surface area contributed by atoms with Gasteiger partial charge in [0.15, 0.2) is 0 Å². The van der Waals surface area contributed by atoms with E-state index in [1.165, 1.54) is 22.3 Å². The summed E-state index contributed by atoms with van der Waals surface area (Å²) in [6.07, 6.45) is 2.50. The smallest absolute Gasteiger partial charge is 0.0942 e. The summed E-state index contributed by atoms with van der Waals surface area (Å²) in [4.78, 5) is 0. The van der Waals surface area contributed by atoms with Crippen LogP contribution < -0.4 is 0 Å². The van der Waals surface area contributed by atoms with Crippen molar-refractivity contribution in [3.05, 3.63) is 70.3 Å². The molecule has 1 aliphatic carbocycles. The summed E-state index contributed by atoms with van der Waals surface area (Å²) in [6.45, 7) is 4.18. The van der Waals surface area contributed by atoms with Crippen molar-refractivity contribution in [2.75, 3.05) is 0 Å². The molecule has 1 aliphatic rings. The maximum atomic E-state index is 11.1. The van der Waals surface area contributed by atoms with Gasteiger partial charge in [-0.2, -0.15) is 0 Å². The molecule has 0 saturated carbocycles. The van der Waals surface area contributed by atoms with Gasteiger partial charge in [0.1, 0.15) is 0 Å². The lowest BCUT2D eigenvalue weighted by molar-refractivity contribution is 0.0216. The zero-order valence-electron chi connectivity index (χ0n) is 11.6. The van der Waals surface area contributed by atoms with Gasteiger partial charge in [-0.25, -0.2) is 0 Å². The second-order valence-electron chi connectivity index (χ2n) is 5.80. The van der Waals surface area contributed by atoms with E-state index in [4.69, 9.17) is 0 Å². The molecule has 0 saturated heterocycles. The minimum Gasteiger partial charge on any atom is -0.385 e. The average Bonchev–Trinajstić information content (AvgIpc) is 2.41. The van der Waals surface area contributed by atoms with Crippen LogP contribution in [0.5, 0.6) is 0 Å². The van der Waals surface area contributed by atoms with E-state index in [0.29, 0.717) is 0 Å². The Labute approximate surface area is 114 Å². The van der Waals surface area contributed by atoms with E-state index in [9.17, 15) is 5.11 Å². The molecule has 1 unspecified atom stereocenters. The Morgan fingerprint density at radius 2 is 1.74 bits per heavy atom. The Balaban J connectivity index is 2.04. The number of aryl methyl sites for hydroxylation is 3. The molecule has 0 radical (unpaired) electrons. The largest absolute Gasteiger partial charge is 0.385 e. The molecule has 0 heterocycles. The lowest BCUT2D eigenvalue weighted by Crippen LogP contribution is -2.33. The minimum atomic E-state index is -0.704. The summed E-state index contributed by atoms with van der Waals surface area (Å²) in [7, 11) is 0. The molecule has 0 fully saturated rings. The van der Waals surface area contributed by atoms with E-state index in [1.807, 2.05) is 0 Å². The molecule has 2 aromatic rings. The molecule has 1 nitrogen and oxygen atoms in total. The summed E-state index contributed by atoms with van der Waals surface area (Å²) in [5.41, 5.74) is 5.47. The third kappa shape index (κ3) is 2.19. The average molecular weight is 252 g/mol. The van der Waals surface area contributed by atoms with Gasteiger partial charge in [0.05, 0.1) is 5.60 Å². The Morgan fingerprint density at radius 3 is 2.53 bits per heavy atom. The molecule has 2 aromatic carbocycles. The van der Waals surface area contributed by atoms with Gasteiger partial charge in [-0.15, -0.1) is 0 Å². The normalized spacial score (nSPS) is 22.1. The maximum Gasteiger partial charge on any atom is 0.0942 e. The molecule has 19 heavy (non-hydrogen) atoms. The van der Waals surface area contributed by atoms with Gasteiger partial charge >= 0.3 is 0 Å². The molecule has 0 spiro atoms. The third-order valence-corrected chi connectivity index (χ3v) is 4.30. The highest BCUT2D eigenvalue weighted by Crippen LogP contribution is 2.38. The van der Waals surface area contributed by atoms with Gasteiger partial charge in [-0.3, -0.25) is 0 Å². The van der Waals surface area contributed by atoms with Gasteiger partial charge in [-0.05, 0) is 48.9 Å². The Bertz CT molecular complexity index is 615. The van der Waals surface area contributed by atoms with Crippen LogP contribution in [0, 0.1) is 13.8 Å². The highest BCUT2D eigenvalue weighted by atomic mass is 16.3. The second-order valence-corrected chi connectivity index (χ2v) is 5.80. The predicted molar refractivity (Wildman–Crippen MR) is 78.3 cm³/mol. The van der Waals surface area contributed by atoms with E-state index >= 15 is 0 Å². The fourth-order valence-electron chi connectivity index (χ4n) is 3.19. The van der Waals surface area contributed by atoms with Crippen LogP contribution >= 0.6 is 0 Å². The van der Waals surface area contributed by atoms with Crippen LogP contribution in [0.1, 0.15) is 34.2 Å². The number of hydrogen-bond donors (Lipinski definition) is 1. The highest BCUT2D eigenvalue weighted by Gasteiger charge is 2.34. The highest BCUT2D eigenvalue weighted by molar-refractivity contribution is 5.40. The first-order valence-electron chi connectivity index (χ1n) is 6.95. The summed E-state index contributed by atoms with van der Waals surface area (Å²) >= 11 is 0. The Kier molecular flexibility index (Phi) is 2.94. The standard InChI is InChI=1S/C18H20O/c1-13-7-8-14(2)17(11-13)18(19)10-9-15-5-3-4-6-16(15)12-18/h3-8,11,19H,9-10,12H2,1-2H3. The lowest BCUT2D eigenvalue weighted by Gasteiger charge is -2.35. The van der Waals surface area contributed by atoms with Crippen LogP contribution in [-0.4, -0.2) is 5.11 Å². The van der Waals surface area contributed by atoms with Crippen LogP contribution in [0.15, 0.2) is 42.5 Å². The number of benzene rings is 2. The van der Waals surface area contributed by atoms with E-state index in [-0.39, 0.29) is 0 Å². The molecule has 1 heteroatoms. The minimum absolute atomic E-state index is 0.704. The van der Waals surface area contributed by atoms with Crippen molar-refractivity contribution < 1.29 is 5.11 Å². The molecule has 0 amide bonds. The quantitative estimate of drug-likeness (QED) is 0.821. The molecular weight excluding hydrogens is 232 g/mol. The van der Waals surface area contributed by atoms with Crippen LogP contribution in [0.3, 0.4) is 0 Å². The zero-order chi connectivity index (χ0) is 13.5. The summed E-state index contributed by atoms with van der Waals surface area (Å²) in [5, 5.41) is 11.1. The first kappa shape index (κ1) is 12.4. The van der Waals surface area contributed by atoms with E-state index < -0.39 is 5.60 Å². The van der Waals surface area contributed by atoms with Crippen LogP contribution in [-0.2, 0) is 18.4 Å². The van der Waals surface area contributed by atoms with Crippen LogP contribution in [0.2, 0.25) is 0 Å². The Hall–Kier alpha value is -1.60. The van der Waals surface area contributed by atoms with E-state index in [0.717, 1.165) is 24.8 Å². The molecule has 0 aromatic heterocycles. The molecule has 1 atom stereocenters. The summed E-state index contributed by atoms with van der Waals surface area (Å²) in [6, 6.07) is 14.8.